The van der Waals surface area contributed by atoms with Crippen LogP contribution in [0.3, 0.4) is 0 Å². The van der Waals surface area contributed by atoms with Crippen molar-refractivity contribution < 1.29 is 9.53 Å². The number of nitrogens with zero attached hydrogens (tertiary/aromatic N) is 1. The monoisotopic (exact) mass is 400 g/mol. The SMILES string of the molecule is CC(C)(C)OC(=O)NCc1ncc(Sc2cccc(C3=CCCC=C3)c2)s1. The van der Waals surface area contributed by atoms with Crippen LogP contribution >= 0.6 is 23.1 Å². The number of benzene rings is 1. The molecule has 0 spiro atoms. The van der Waals surface area contributed by atoms with Gasteiger partial charge in [0.15, 0.2) is 0 Å². The zero-order valence-corrected chi connectivity index (χ0v) is 17.5. The summed E-state index contributed by atoms with van der Waals surface area (Å²) in [6.07, 6.45) is 10.4. The number of amides is 1. The maximum atomic E-state index is 11.7. The summed E-state index contributed by atoms with van der Waals surface area (Å²) in [4.78, 5) is 17.3. The highest BCUT2D eigenvalue weighted by Gasteiger charge is 2.16. The van der Waals surface area contributed by atoms with Gasteiger partial charge in [-0.15, -0.1) is 11.3 Å². The minimum atomic E-state index is -0.498. The third-order valence-electron chi connectivity index (χ3n) is 3.70. The fourth-order valence-corrected chi connectivity index (χ4v) is 4.57. The molecule has 1 aliphatic carbocycles. The summed E-state index contributed by atoms with van der Waals surface area (Å²) in [5, 5.41) is 3.61. The van der Waals surface area contributed by atoms with Crippen molar-refractivity contribution in [3.05, 3.63) is 59.3 Å². The molecule has 3 rings (SSSR count). The summed E-state index contributed by atoms with van der Waals surface area (Å²) in [5.74, 6) is 0. The maximum Gasteiger partial charge on any atom is 0.408 e. The predicted molar refractivity (Wildman–Crippen MR) is 112 cm³/mol. The minimum Gasteiger partial charge on any atom is -0.444 e. The van der Waals surface area contributed by atoms with Crippen molar-refractivity contribution in [3.8, 4) is 0 Å². The minimum absolute atomic E-state index is 0.373. The van der Waals surface area contributed by atoms with Crippen LogP contribution in [0.25, 0.3) is 5.57 Å². The number of hydrogen-bond acceptors (Lipinski definition) is 5. The summed E-state index contributed by atoms with van der Waals surface area (Å²) < 4.78 is 6.34. The molecule has 0 radical (unpaired) electrons. The number of carbonyl (C=O) groups is 1. The van der Waals surface area contributed by atoms with Gasteiger partial charge in [0.2, 0.25) is 0 Å². The molecular weight excluding hydrogens is 376 g/mol. The van der Waals surface area contributed by atoms with E-state index in [4.69, 9.17) is 4.74 Å². The van der Waals surface area contributed by atoms with Crippen LogP contribution in [0.1, 0.15) is 44.2 Å². The van der Waals surface area contributed by atoms with E-state index in [1.807, 2.05) is 27.0 Å². The van der Waals surface area contributed by atoms with Crippen LogP contribution in [0.4, 0.5) is 4.79 Å². The molecule has 1 aliphatic rings. The molecule has 1 aromatic heterocycles. The van der Waals surface area contributed by atoms with Gasteiger partial charge < -0.3 is 10.1 Å². The highest BCUT2D eigenvalue weighted by Crippen LogP contribution is 2.34. The van der Waals surface area contributed by atoms with Crippen molar-refractivity contribution in [2.24, 2.45) is 0 Å². The van der Waals surface area contributed by atoms with E-state index >= 15 is 0 Å². The summed E-state index contributed by atoms with van der Waals surface area (Å²) in [5.41, 5.74) is 2.03. The van der Waals surface area contributed by atoms with Crippen molar-refractivity contribution in [2.75, 3.05) is 0 Å². The van der Waals surface area contributed by atoms with Crippen LogP contribution in [-0.4, -0.2) is 16.7 Å². The lowest BCUT2D eigenvalue weighted by atomic mass is 10.00. The number of rotatable bonds is 5. The molecular formula is C21H24N2O2S2. The van der Waals surface area contributed by atoms with Gasteiger partial charge in [-0.1, -0.05) is 42.1 Å². The van der Waals surface area contributed by atoms with Crippen LogP contribution in [0.15, 0.2) is 57.8 Å². The van der Waals surface area contributed by atoms with E-state index in [0.29, 0.717) is 6.54 Å². The van der Waals surface area contributed by atoms with Crippen molar-refractivity contribution in [2.45, 2.75) is 54.9 Å². The van der Waals surface area contributed by atoms with E-state index in [2.05, 4.69) is 52.8 Å². The molecule has 4 nitrogen and oxygen atoms in total. The molecule has 1 N–H and O–H groups in total. The molecule has 0 bridgehead atoms. The first-order chi connectivity index (χ1) is 12.9. The van der Waals surface area contributed by atoms with Gasteiger partial charge in [-0.05, 0) is 56.9 Å². The Morgan fingerprint density at radius 1 is 1.33 bits per heavy atom. The van der Waals surface area contributed by atoms with Crippen molar-refractivity contribution in [3.63, 3.8) is 0 Å². The van der Waals surface area contributed by atoms with Crippen LogP contribution in [0.2, 0.25) is 0 Å². The number of nitrogens with one attached hydrogen (secondary N) is 1. The second-order valence-corrected chi connectivity index (χ2v) is 9.69. The smallest absolute Gasteiger partial charge is 0.408 e. The average molecular weight is 401 g/mol. The molecule has 0 fully saturated rings. The van der Waals surface area contributed by atoms with Gasteiger partial charge in [0.1, 0.15) is 10.6 Å². The fraction of sp³-hybridized carbons (Fsp3) is 0.333. The Hall–Kier alpha value is -2.05. The van der Waals surface area contributed by atoms with E-state index in [9.17, 15) is 4.79 Å². The Morgan fingerprint density at radius 3 is 2.93 bits per heavy atom. The van der Waals surface area contributed by atoms with Crippen LogP contribution < -0.4 is 5.32 Å². The third-order valence-corrected chi connectivity index (χ3v) is 5.78. The Kier molecular flexibility index (Phi) is 6.39. The quantitative estimate of drug-likeness (QED) is 0.663. The average Bonchev–Trinajstić information content (AvgIpc) is 3.07. The highest BCUT2D eigenvalue weighted by atomic mass is 32.2. The molecule has 1 heterocycles. The van der Waals surface area contributed by atoms with Crippen molar-refractivity contribution in [1.29, 1.82) is 0 Å². The number of ether oxygens (including phenoxy) is 1. The molecule has 0 saturated heterocycles. The first-order valence-electron chi connectivity index (χ1n) is 8.96. The number of aromatic nitrogens is 1. The lowest BCUT2D eigenvalue weighted by Crippen LogP contribution is -2.32. The molecule has 0 unspecified atom stereocenters. The van der Waals surface area contributed by atoms with E-state index in [0.717, 1.165) is 22.1 Å². The molecule has 0 saturated carbocycles. The lowest BCUT2D eigenvalue weighted by molar-refractivity contribution is 0.0523. The topological polar surface area (TPSA) is 51.2 Å². The van der Waals surface area contributed by atoms with E-state index in [1.54, 1.807) is 23.1 Å². The van der Waals surface area contributed by atoms with Gasteiger partial charge in [0.25, 0.3) is 0 Å². The number of allylic oxidation sites excluding steroid dienone is 4. The molecule has 0 atom stereocenters. The Bertz CT molecular complexity index is 863. The molecule has 6 heteroatoms. The molecule has 2 aromatic rings. The summed E-state index contributed by atoms with van der Waals surface area (Å²) in [6.45, 7) is 5.91. The molecule has 27 heavy (non-hydrogen) atoms. The Labute approximate surface area is 168 Å². The number of alkyl carbamates (subject to hydrolysis) is 1. The van der Waals surface area contributed by atoms with Gasteiger partial charge in [0, 0.05) is 4.90 Å². The molecule has 0 aliphatic heterocycles. The standard InChI is InChI=1S/C21H24N2O2S2/c1-21(2,3)25-20(24)23-13-18-22-14-19(27-18)26-17-11-7-10-16(12-17)15-8-5-4-6-9-15/h5,7-12,14H,4,6,13H2,1-3H3,(H,23,24). The predicted octanol–water partition coefficient (Wildman–Crippen LogP) is 6.05. The van der Waals surface area contributed by atoms with Gasteiger partial charge in [0.05, 0.1) is 17.0 Å². The van der Waals surface area contributed by atoms with Gasteiger partial charge in [-0.2, -0.15) is 0 Å². The number of carbonyl (C=O) groups excluding carboxylic acids is 1. The lowest BCUT2D eigenvalue weighted by Gasteiger charge is -2.19. The molecule has 142 valence electrons. The second-order valence-electron chi connectivity index (χ2n) is 7.20. The van der Waals surface area contributed by atoms with E-state index < -0.39 is 11.7 Å². The zero-order chi connectivity index (χ0) is 19.3. The van der Waals surface area contributed by atoms with Crippen molar-refractivity contribution in [1.82, 2.24) is 10.3 Å². The largest absolute Gasteiger partial charge is 0.444 e. The normalized spacial score (nSPS) is 14.0. The van der Waals surface area contributed by atoms with E-state index in [1.165, 1.54) is 16.0 Å². The first-order valence-corrected chi connectivity index (χ1v) is 10.6. The van der Waals surface area contributed by atoms with Gasteiger partial charge in [-0.25, -0.2) is 9.78 Å². The summed E-state index contributed by atoms with van der Waals surface area (Å²) in [7, 11) is 0. The summed E-state index contributed by atoms with van der Waals surface area (Å²) in [6, 6.07) is 8.56. The molecule has 1 aromatic carbocycles. The second kappa shape index (κ2) is 8.76. The van der Waals surface area contributed by atoms with Crippen LogP contribution in [-0.2, 0) is 11.3 Å². The summed E-state index contributed by atoms with van der Waals surface area (Å²) >= 11 is 3.27. The van der Waals surface area contributed by atoms with Gasteiger partial charge in [-0.3, -0.25) is 0 Å². The van der Waals surface area contributed by atoms with Gasteiger partial charge >= 0.3 is 6.09 Å². The Balaban J connectivity index is 1.59. The van der Waals surface area contributed by atoms with E-state index in [-0.39, 0.29) is 0 Å². The number of thiazole rings is 1. The maximum absolute atomic E-state index is 11.7. The zero-order valence-electron chi connectivity index (χ0n) is 15.8. The number of hydrogen-bond donors (Lipinski definition) is 1. The molecule has 1 amide bonds. The third kappa shape index (κ3) is 6.26. The Morgan fingerprint density at radius 2 is 2.19 bits per heavy atom. The van der Waals surface area contributed by atoms with Crippen LogP contribution in [0.5, 0.6) is 0 Å². The van der Waals surface area contributed by atoms with Crippen LogP contribution in [0, 0.1) is 0 Å². The highest BCUT2D eigenvalue weighted by molar-refractivity contribution is 8.01. The first kappa shape index (κ1) is 19.7. The fourth-order valence-electron chi connectivity index (χ4n) is 2.57. The van der Waals surface area contributed by atoms with Crippen molar-refractivity contribution >= 4 is 34.8 Å².